The number of para-hydroxylation sites is 2. The van der Waals surface area contributed by atoms with Crippen molar-refractivity contribution in [2.24, 2.45) is 0 Å². The highest BCUT2D eigenvalue weighted by Gasteiger charge is 2.44. The summed E-state index contributed by atoms with van der Waals surface area (Å²) in [5, 5.41) is 15.6. The van der Waals surface area contributed by atoms with E-state index in [0.717, 1.165) is 43.7 Å². The molecule has 1 saturated heterocycles. The lowest BCUT2D eigenvalue weighted by atomic mass is 9.84. The maximum Gasteiger partial charge on any atom is 0.250 e. The number of aliphatic hydroxyl groups is 1. The Morgan fingerprint density at radius 1 is 1.29 bits per heavy atom. The summed E-state index contributed by atoms with van der Waals surface area (Å²) in [6, 6.07) is 8.21. The Balaban J connectivity index is 1.72. The van der Waals surface area contributed by atoms with Gasteiger partial charge < -0.3 is 20.6 Å². The monoisotopic (exact) mass is 289 g/mol. The number of nitrogens with one attached hydrogen (secondary N) is 2. The normalized spacial score (nSPS) is 22.3. The average molecular weight is 289 g/mol. The molecule has 3 N–H and O–H groups in total. The van der Waals surface area contributed by atoms with Crippen LogP contribution in [0.5, 0.6) is 0 Å². The van der Waals surface area contributed by atoms with E-state index in [1.807, 2.05) is 24.3 Å². The minimum Gasteiger partial charge on any atom is -0.396 e. The number of piperidine rings is 1. The summed E-state index contributed by atoms with van der Waals surface area (Å²) < 4.78 is 0. The number of carbonyl (C=O) groups excluding carboxylic acids is 1. The molecule has 1 spiro atoms. The summed E-state index contributed by atoms with van der Waals surface area (Å²) in [4.78, 5) is 14.9. The Morgan fingerprint density at radius 2 is 1.95 bits per heavy atom. The van der Waals surface area contributed by atoms with Crippen LogP contribution in [0.4, 0.5) is 11.4 Å². The van der Waals surface area contributed by atoms with Crippen molar-refractivity contribution in [2.75, 3.05) is 30.3 Å². The zero-order valence-electron chi connectivity index (χ0n) is 12.4. The second-order valence-corrected chi connectivity index (χ2v) is 6.10. The maximum atomic E-state index is 12.5. The first-order chi connectivity index (χ1) is 10.1. The minimum atomic E-state index is -0.482. The first-order valence-electron chi connectivity index (χ1n) is 7.68. The van der Waals surface area contributed by atoms with E-state index in [0.29, 0.717) is 6.04 Å². The molecular weight excluding hydrogens is 266 g/mol. The van der Waals surface area contributed by atoms with E-state index in [1.165, 1.54) is 0 Å². The molecule has 0 aliphatic carbocycles. The Bertz CT molecular complexity index is 524. The number of benzene rings is 1. The van der Waals surface area contributed by atoms with Crippen LogP contribution in [0.15, 0.2) is 24.3 Å². The molecule has 1 amide bonds. The van der Waals surface area contributed by atoms with Crippen molar-refractivity contribution >= 4 is 17.3 Å². The van der Waals surface area contributed by atoms with E-state index in [9.17, 15) is 4.79 Å². The summed E-state index contributed by atoms with van der Waals surface area (Å²) in [6.07, 6.45) is 2.38. The van der Waals surface area contributed by atoms with Crippen molar-refractivity contribution in [1.82, 2.24) is 4.90 Å². The van der Waals surface area contributed by atoms with Gasteiger partial charge in [0.1, 0.15) is 5.54 Å². The summed E-state index contributed by atoms with van der Waals surface area (Å²) >= 11 is 0. The molecule has 0 radical (unpaired) electrons. The molecule has 0 bridgehead atoms. The van der Waals surface area contributed by atoms with Gasteiger partial charge in [0.15, 0.2) is 0 Å². The molecule has 0 saturated carbocycles. The van der Waals surface area contributed by atoms with Gasteiger partial charge in [0.05, 0.1) is 11.4 Å². The number of amides is 1. The van der Waals surface area contributed by atoms with Gasteiger partial charge >= 0.3 is 0 Å². The lowest BCUT2D eigenvalue weighted by Crippen LogP contribution is -2.59. The van der Waals surface area contributed by atoms with E-state index in [-0.39, 0.29) is 12.5 Å². The van der Waals surface area contributed by atoms with Crippen molar-refractivity contribution in [1.29, 1.82) is 0 Å². The predicted octanol–water partition coefficient (Wildman–Crippen LogP) is 1.66. The van der Waals surface area contributed by atoms with Gasteiger partial charge in [-0.3, -0.25) is 4.79 Å². The highest BCUT2D eigenvalue weighted by atomic mass is 16.3. The van der Waals surface area contributed by atoms with Gasteiger partial charge in [-0.15, -0.1) is 0 Å². The number of carbonyl (C=O) groups is 1. The molecule has 3 rings (SSSR count). The number of hydrogen-bond donors (Lipinski definition) is 3. The summed E-state index contributed by atoms with van der Waals surface area (Å²) in [6.45, 7) is 4.11. The summed E-state index contributed by atoms with van der Waals surface area (Å²) in [5.74, 6) is 0.0793. The van der Waals surface area contributed by atoms with Crippen LogP contribution in [-0.2, 0) is 4.79 Å². The van der Waals surface area contributed by atoms with E-state index in [2.05, 4.69) is 22.5 Å². The SMILES string of the molecule is C[C@@H](CCO)N1CCC2(CC1)Nc1ccccc1NC2=O. The second kappa shape index (κ2) is 5.66. The van der Waals surface area contributed by atoms with Gasteiger partial charge in [0, 0.05) is 25.7 Å². The Kier molecular flexibility index (Phi) is 3.87. The third-order valence-corrected chi connectivity index (χ3v) is 4.81. The smallest absolute Gasteiger partial charge is 0.250 e. The average Bonchev–Trinajstić information content (AvgIpc) is 2.49. The molecule has 2 aliphatic heterocycles. The van der Waals surface area contributed by atoms with Crippen molar-refractivity contribution in [3.8, 4) is 0 Å². The lowest BCUT2D eigenvalue weighted by molar-refractivity contribution is -0.122. The molecule has 0 aromatic heterocycles. The van der Waals surface area contributed by atoms with Gasteiger partial charge in [-0.05, 0) is 38.3 Å². The van der Waals surface area contributed by atoms with E-state index in [4.69, 9.17) is 5.11 Å². The third-order valence-electron chi connectivity index (χ3n) is 4.81. The van der Waals surface area contributed by atoms with Gasteiger partial charge in [0.2, 0.25) is 5.91 Å². The van der Waals surface area contributed by atoms with Crippen LogP contribution < -0.4 is 10.6 Å². The molecule has 1 atom stereocenters. The molecule has 0 unspecified atom stereocenters. The Morgan fingerprint density at radius 3 is 2.62 bits per heavy atom. The quantitative estimate of drug-likeness (QED) is 0.792. The maximum absolute atomic E-state index is 12.5. The molecule has 5 nitrogen and oxygen atoms in total. The topological polar surface area (TPSA) is 64.6 Å². The number of rotatable bonds is 3. The van der Waals surface area contributed by atoms with E-state index in [1.54, 1.807) is 0 Å². The van der Waals surface area contributed by atoms with Crippen molar-refractivity contribution in [3.05, 3.63) is 24.3 Å². The summed E-state index contributed by atoms with van der Waals surface area (Å²) in [5.41, 5.74) is 1.39. The molecule has 1 fully saturated rings. The fourth-order valence-electron chi connectivity index (χ4n) is 3.33. The van der Waals surface area contributed by atoms with Crippen LogP contribution in [0.1, 0.15) is 26.2 Å². The highest BCUT2D eigenvalue weighted by molar-refractivity contribution is 6.06. The number of nitrogens with zero attached hydrogens (tertiary/aromatic N) is 1. The highest BCUT2D eigenvalue weighted by Crippen LogP contribution is 2.36. The van der Waals surface area contributed by atoms with Crippen LogP contribution in [-0.4, -0.2) is 47.2 Å². The Hall–Kier alpha value is -1.59. The van der Waals surface area contributed by atoms with Gasteiger partial charge in [-0.25, -0.2) is 0 Å². The number of hydrogen-bond acceptors (Lipinski definition) is 4. The number of anilines is 2. The first kappa shape index (κ1) is 14.4. The van der Waals surface area contributed by atoms with Crippen LogP contribution in [0.25, 0.3) is 0 Å². The van der Waals surface area contributed by atoms with Gasteiger partial charge in [-0.1, -0.05) is 12.1 Å². The number of fused-ring (bicyclic) bond motifs is 1. The van der Waals surface area contributed by atoms with E-state index >= 15 is 0 Å². The molecular formula is C16H23N3O2. The molecule has 114 valence electrons. The third kappa shape index (κ3) is 2.63. The standard InChI is InChI=1S/C16H23N3O2/c1-12(6-11-20)19-9-7-16(8-10-19)15(21)17-13-4-2-3-5-14(13)18-16/h2-5,12,18,20H,6-11H2,1H3,(H,17,21)/t12-/m0/s1. The Labute approximate surface area is 125 Å². The van der Waals surface area contributed by atoms with Gasteiger partial charge in [0.25, 0.3) is 0 Å². The van der Waals surface area contributed by atoms with Crippen LogP contribution in [0, 0.1) is 0 Å². The van der Waals surface area contributed by atoms with Crippen LogP contribution in [0.2, 0.25) is 0 Å². The molecule has 5 heteroatoms. The van der Waals surface area contributed by atoms with Gasteiger partial charge in [-0.2, -0.15) is 0 Å². The molecule has 1 aromatic rings. The number of likely N-dealkylation sites (tertiary alicyclic amines) is 1. The minimum absolute atomic E-state index is 0.0793. The van der Waals surface area contributed by atoms with E-state index < -0.39 is 5.54 Å². The van der Waals surface area contributed by atoms with Crippen LogP contribution in [0.3, 0.4) is 0 Å². The predicted molar refractivity (Wildman–Crippen MR) is 83.4 cm³/mol. The lowest BCUT2D eigenvalue weighted by Gasteiger charge is -2.45. The fourth-order valence-corrected chi connectivity index (χ4v) is 3.33. The fraction of sp³-hybridized carbons (Fsp3) is 0.562. The number of aliphatic hydroxyl groups excluding tert-OH is 1. The van der Waals surface area contributed by atoms with Crippen molar-refractivity contribution in [2.45, 2.75) is 37.8 Å². The van der Waals surface area contributed by atoms with Crippen LogP contribution >= 0.6 is 0 Å². The largest absolute Gasteiger partial charge is 0.396 e. The molecule has 1 aromatic carbocycles. The second-order valence-electron chi connectivity index (χ2n) is 6.10. The van der Waals surface area contributed by atoms with Crippen molar-refractivity contribution < 1.29 is 9.90 Å². The molecule has 2 aliphatic rings. The zero-order valence-corrected chi connectivity index (χ0v) is 12.4. The zero-order chi connectivity index (χ0) is 14.9. The molecule has 21 heavy (non-hydrogen) atoms. The van der Waals surface area contributed by atoms with Crippen molar-refractivity contribution in [3.63, 3.8) is 0 Å². The summed E-state index contributed by atoms with van der Waals surface area (Å²) in [7, 11) is 0. The first-order valence-corrected chi connectivity index (χ1v) is 7.68. The molecule has 2 heterocycles.